The van der Waals surface area contributed by atoms with Gasteiger partial charge in [-0.3, -0.25) is 0 Å². The molecule has 0 saturated heterocycles. The Labute approximate surface area is 171 Å². The van der Waals surface area contributed by atoms with Gasteiger partial charge in [0.1, 0.15) is 11.5 Å². The number of rotatable bonds is 4. The number of hydrogen-bond donors (Lipinski definition) is 1. The van der Waals surface area contributed by atoms with Gasteiger partial charge in [0.25, 0.3) is 0 Å². The second-order valence-electron chi connectivity index (χ2n) is 9.47. The average Bonchev–Trinajstić information content (AvgIpc) is 2.65. The Morgan fingerprint density at radius 2 is 1.32 bits per heavy atom. The molecule has 1 N–H and O–H groups in total. The first-order valence-corrected chi connectivity index (χ1v) is 13.4. The predicted molar refractivity (Wildman–Crippen MR) is 121 cm³/mol. The molecule has 2 aromatic rings. The first-order valence-electron chi connectivity index (χ1n) is 10.5. The summed E-state index contributed by atoms with van der Waals surface area (Å²) < 4.78 is 6.46. The van der Waals surface area contributed by atoms with Crippen LogP contribution in [0.15, 0.2) is 54.1 Å². The minimum Gasteiger partial charge on any atom is -0.544 e. The number of phenolic OH excluding ortho intramolecular Hbond substituents is 1. The molecule has 1 saturated carbocycles. The molecule has 0 unspecified atom stereocenters. The lowest BCUT2D eigenvalue weighted by molar-refractivity contribution is 0.475. The van der Waals surface area contributed by atoms with Crippen LogP contribution in [0.4, 0.5) is 0 Å². The van der Waals surface area contributed by atoms with Crippen LogP contribution in [0.1, 0.15) is 64.0 Å². The maximum atomic E-state index is 9.70. The van der Waals surface area contributed by atoms with Crippen LogP contribution >= 0.6 is 0 Å². The van der Waals surface area contributed by atoms with Gasteiger partial charge in [-0.2, -0.15) is 0 Å². The smallest absolute Gasteiger partial charge is 0.250 e. The van der Waals surface area contributed by atoms with E-state index in [0.29, 0.717) is 5.75 Å². The summed E-state index contributed by atoms with van der Waals surface area (Å²) in [6.07, 6.45) is 6.19. The molecule has 0 aromatic heterocycles. The summed E-state index contributed by atoms with van der Waals surface area (Å²) >= 11 is 0. The van der Waals surface area contributed by atoms with Crippen molar-refractivity contribution in [2.24, 2.45) is 0 Å². The van der Waals surface area contributed by atoms with Gasteiger partial charge in [0.05, 0.1) is 0 Å². The van der Waals surface area contributed by atoms with Gasteiger partial charge in [0.2, 0.25) is 8.32 Å². The molecule has 28 heavy (non-hydrogen) atoms. The third kappa shape index (κ3) is 4.69. The van der Waals surface area contributed by atoms with E-state index in [1.165, 1.54) is 54.4 Å². The summed E-state index contributed by atoms with van der Waals surface area (Å²) in [5.41, 5.74) is 5.30. The van der Waals surface area contributed by atoms with Gasteiger partial charge in [0, 0.05) is 0 Å². The Morgan fingerprint density at radius 3 is 1.82 bits per heavy atom. The van der Waals surface area contributed by atoms with Crippen LogP contribution in [-0.4, -0.2) is 13.4 Å². The average molecular weight is 395 g/mol. The monoisotopic (exact) mass is 394 g/mol. The van der Waals surface area contributed by atoms with Crippen LogP contribution in [0.5, 0.6) is 11.5 Å². The lowest BCUT2D eigenvalue weighted by Gasteiger charge is -2.36. The maximum absolute atomic E-state index is 9.70. The van der Waals surface area contributed by atoms with Crippen molar-refractivity contribution in [3.05, 3.63) is 65.2 Å². The highest BCUT2D eigenvalue weighted by atomic mass is 28.4. The largest absolute Gasteiger partial charge is 0.544 e. The van der Waals surface area contributed by atoms with Gasteiger partial charge in [-0.25, -0.2) is 0 Å². The minimum absolute atomic E-state index is 0.187. The molecule has 0 aliphatic heterocycles. The molecule has 0 amide bonds. The Morgan fingerprint density at radius 1 is 0.821 bits per heavy atom. The highest BCUT2D eigenvalue weighted by molar-refractivity contribution is 6.74. The highest BCUT2D eigenvalue weighted by Gasteiger charge is 2.38. The molecule has 1 fully saturated rings. The molecule has 0 heterocycles. The summed E-state index contributed by atoms with van der Waals surface area (Å²) in [6, 6.07) is 16.3. The van der Waals surface area contributed by atoms with Crippen molar-refractivity contribution in [1.29, 1.82) is 0 Å². The van der Waals surface area contributed by atoms with Gasteiger partial charge in [-0.15, -0.1) is 0 Å². The van der Waals surface area contributed by atoms with Gasteiger partial charge in [0.15, 0.2) is 0 Å². The zero-order valence-corrected chi connectivity index (χ0v) is 19.0. The second kappa shape index (κ2) is 8.16. The zero-order valence-electron chi connectivity index (χ0n) is 18.0. The Balaban J connectivity index is 1.94. The van der Waals surface area contributed by atoms with Crippen molar-refractivity contribution in [1.82, 2.24) is 0 Å². The van der Waals surface area contributed by atoms with E-state index in [4.69, 9.17) is 4.43 Å². The van der Waals surface area contributed by atoms with Crippen molar-refractivity contribution >= 4 is 13.9 Å². The standard InChI is InChI=1S/C25H34O2Si/c1-25(2,3)28(4,5)27-23-17-13-21(14-18-23)24(19-9-7-6-8-10-19)20-11-15-22(26)16-12-20/h11-18,26H,6-10H2,1-5H3. The molecule has 150 valence electrons. The normalized spacial score (nSPS) is 15.4. The summed E-state index contributed by atoms with van der Waals surface area (Å²) in [5.74, 6) is 1.28. The number of phenols is 1. The number of hydrogen-bond acceptors (Lipinski definition) is 2. The van der Waals surface area contributed by atoms with Gasteiger partial charge >= 0.3 is 0 Å². The molecule has 2 nitrogen and oxygen atoms in total. The van der Waals surface area contributed by atoms with Crippen LogP contribution < -0.4 is 4.43 Å². The van der Waals surface area contributed by atoms with E-state index in [-0.39, 0.29) is 5.04 Å². The van der Waals surface area contributed by atoms with Crippen molar-refractivity contribution in [2.45, 2.75) is 71.0 Å². The fourth-order valence-corrected chi connectivity index (χ4v) is 4.60. The Kier molecular flexibility index (Phi) is 6.04. The molecular weight excluding hydrogens is 360 g/mol. The number of benzene rings is 2. The fourth-order valence-electron chi connectivity index (χ4n) is 3.57. The molecule has 0 bridgehead atoms. The van der Waals surface area contributed by atoms with Crippen molar-refractivity contribution in [3.63, 3.8) is 0 Å². The molecule has 3 heteroatoms. The van der Waals surface area contributed by atoms with Crippen molar-refractivity contribution in [3.8, 4) is 11.5 Å². The van der Waals surface area contributed by atoms with Crippen LogP contribution in [0.2, 0.25) is 18.1 Å². The lowest BCUT2D eigenvalue weighted by Crippen LogP contribution is -2.43. The summed E-state index contributed by atoms with van der Waals surface area (Å²) in [7, 11) is -1.83. The summed E-state index contributed by atoms with van der Waals surface area (Å²) in [6.45, 7) is 11.4. The van der Waals surface area contributed by atoms with E-state index in [1.54, 1.807) is 12.1 Å². The predicted octanol–water partition coefficient (Wildman–Crippen LogP) is 7.54. The summed E-state index contributed by atoms with van der Waals surface area (Å²) in [4.78, 5) is 0. The molecular formula is C25H34O2Si. The molecule has 1 aliphatic rings. The first kappa shape index (κ1) is 20.7. The quantitative estimate of drug-likeness (QED) is 0.543. The Hall–Kier alpha value is -2.00. The fraction of sp³-hybridized carbons (Fsp3) is 0.440. The van der Waals surface area contributed by atoms with Crippen molar-refractivity contribution in [2.75, 3.05) is 0 Å². The molecule has 2 aromatic carbocycles. The van der Waals surface area contributed by atoms with Crippen molar-refractivity contribution < 1.29 is 9.53 Å². The van der Waals surface area contributed by atoms with Gasteiger partial charge in [-0.1, -0.05) is 57.0 Å². The van der Waals surface area contributed by atoms with E-state index >= 15 is 0 Å². The SMILES string of the molecule is CC(C)(C)[Si](C)(C)Oc1ccc(C(=C2CCCCC2)c2ccc(O)cc2)cc1. The number of allylic oxidation sites excluding steroid dienone is 1. The van der Waals surface area contributed by atoms with Gasteiger partial charge in [-0.05, 0) is 84.8 Å². The molecule has 0 spiro atoms. The topological polar surface area (TPSA) is 29.5 Å². The van der Waals surface area contributed by atoms with E-state index < -0.39 is 8.32 Å². The van der Waals surface area contributed by atoms with Crippen LogP contribution in [0, 0.1) is 0 Å². The van der Waals surface area contributed by atoms with Gasteiger partial charge < -0.3 is 9.53 Å². The second-order valence-corrected chi connectivity index (χ2v) is 14.2. The van der Waals surface area contributed by atoms with Crippen LogP contribution in [0.3, 0.4) is 0 Å². The van der Waals surface area contributed by atoms with E-state index in [1.807, 2.05) is 12.1 Å². The molecule has 3 rings (SSSR count). The van der Waals surface area contributed by atoms with Crippen LogP contribution in [0.25, 0.3) is 5.57 Å². The molecule has 1 aliphatic carbocycles. The van der Waals surface area contributed by atoms with E-state index in [2.05, 4.69) is 58.1 Å². The lowest BCUT2D eigenvalue weighted by atomic mass is 9.85. The minimum atomic E-state index is -1.83. The maximum Gasteiger partial charge on any atom is 0.250 e. The van der Waals surface area contributed by atoms with Crippen LogP contribution in [-0.2, 0) is 0 Å². The van der Waals surface area contributed by atoms with E-state index in [9.17, 15) is 5.11 Å². The summed E-state index contributed by atoms with van der Waals surface area (Å²) in [5, 5.41) is 9.89. The van der Waals surface area contributed by atoms with E-state index in [0.717, 1.165) is 5.75 Å². The third-order valence-electron chi connectivity index (χ3n) is 6.29. The Bertz CT molecular complexity index is 816. The first-order chi connectivity index (χ1) is 13.2. The molecule has 0 atom stereocenters. The molecule has 0 radical (unpaired) electrons. The third-order valence-corrected chi connectivity index (χ3v) is 10.6. The zero-order chi connectivity index (χ0) is 20.4. The highest BCUT2D eigenvalue weighted by Crippen LogP contribution is 2.39. The number of aromatic hydroxyl groups is 1.